The summed E-state index contributed by atoms with van der Waals surface area (Å²) in [5.41, 5.74) is -1.01. The second kappa shape index (κ2) is 25.8. The quantitative estimate of drug-likeness (QED) is 0.0806. The molecule has 0 fully saturated rings. The third kappa shape index (κ3) is 23.3. The molecule has 228 valence electrons. The molecular formula is C31H60N2O5P+. The van der Waals surface area contributed by atoms with E-state index in [2.05, 4.69) is 12.2 Å². The monoisotopic (exact) mass is 571 g/mol. The van der Waals surface area contributed by atoms with Gasteiger partial charge in [0.15, 0.2) is 19.2 Å². The van der Waals surface area contributed by atoms with Crippen LogP contribution in [0.3, 0.4) is 0 Å². The molecule has 0 aliphatic carbocycles. The normalized spacial score (nSPS) is 12.9. The number of unbranched alkanes of at least 4 members (excludes halogenated alkanes) is 14. The first-order chi connectivity index (χ1) is 18.7. The highest BCUT2D eigenvalue weighted by Crippen LogP contribution is 2.35. The molecule has 0 saturated carbocycles. The van der Waals surface area contributed by atoms with E-state index < -0.39 is 25.2 Å². The molecule has 39 heavy (non-hydrogen) atoms. The zero-order chi connectivity index (χ0) is 29.3. The van der Waals surface area contributed by atoms with Gasteiger partial charge in [0.25, 0.3) is 0 Å². The molecule has 8 heteroatoms. The largest absolute Gasteiger partial charge is 0.360 e. The fourth-order valence-electron chi connectivity index (χ4n) is 4.67. The Balaban J connectivity index is 4.17. The lowest BCUT2D eigenvalue weighted by atomic mass is 10.0. The van der Waals surface area contributed by atoms with Gasteiger partial charge in [-0.15, -0.1) is 0 Å². The summed E-state index contributed by atoms with van der Waals surface area (Å²) in [5.74, 6) is -0.191. The summed E-state index contributed by atoms with van der Waals surface area (Å²) < 4.78 is 0. The van der Waals surface area contributed by atoms with Crippen molar-refractivity contribution in [3.8, 4) is 0 Å². The Hall–Kier alpha value is -1.17. The van der Waals surface area contributed by atoms with Crippen molar-refractivity contribution in [2.75, 3.05) is 20.6 Å². The van der Waals surface area contributed by atoms with E-state index in [1.165, 1.54) is 77.0 Å². The van der Waals surface area contributed by atoms with E-state index in [1.54, 1.807) is 0 Å². The lowest BCUT2D eigenvalue weighted by Gasteiger charge is -2.19. The molecule has 0 rings (SSSR count). The molecule has 1 amide bonds. The Morgan fingerprint density at radius 2 is 1.13 bits per heavy atom. The van der Waals surface area contributed by atoms with Crippen LogP contribution in [0.4, 0.5) is 0 Å². The molecule has 2 unspecified atom stereocenters. The fraction of sp³-hybridized carbons (Fsp3) is 0.871. The van der Waals surface area contributed by atoms with E-state index in [4.69, 9.17) is 0 Å². The van der Waals surface area contributed by atoms with Gasteiger partial charge in [-0.3, -0.25) is 19.2 Å². The summed E-state index contributed by atoms with van der Waals surface area (Å²) in [6, 6.07) is -0.662. The zero-order valence-electron chi connectivity index (χ0n) is 25.7. The van der Waals surface area contributed by atoms with Crippen LogP contribution in [0.15, 0.2) is 0 Å². The Bertz CT molecular complexity index is 671. The molecule has 0 bridgehead atoms. The lowest BCUT2D eigenvalue weighted by molar-refractivity contribution is -0.857. The first kappa shape index (κ1) is 37.8. The SMILES string of the molecule is CCCCCCCCCCCCCCCCCC(=O)CC(CC(=O)P(O)C(=O)CC[NH+](C)C)NC(=O)CCC. The van der Waals surface area contributed by atoms with Gasteiger partial charge in [0.2, 0.25) is 5.91 Å². The van der Waals surface area contributed by atoms with E-state index in [1.807, 2.05) is 21.0 Å². The number of hydrogen-bond donors (Lipinski definition) is 3. The molecule has 0 aliphatic rings. The fourth-order valence-corrected chi connectivity index (χ4v) is 5.67. The van der Waals surface area contributed by atoms with Crippen LogP contribution in [0.2, 0.25) is 0 Å². The number of ketones is 1. The van der Waals surface area contributed by atoms with Gasteiger partial charge in [0, 0.05) is 31.7 Å². The number of hydrogen-bond acceptors (Lipinski definition) is 5. The summed E-state index contributed by atoms with van der Waals surface area (Å²) in [5, 5.41) is 2.78. The van der Waals surface area contributed by atoms with Gasteiger partial charge < -0.3 is 15.1 Å². The van der Waals surface area contributed by atoms with Crippen LogP contribution in [0.1, 0.15) is 149 Å². The Morgan fingerprint density at radius 3 is 1.59 bits per heavy atom. The van der Waals surface area contributed by atoms with Gasteiger partial charge in [0.1, 0.15) is 5.78 Å². The number of nitrogens with one attached hydrogen (secondary N) is 2. The summed E-state index contributed by atoms with van der Waals surface area (Å²) in [4.78, 5) is 60.8. The molecule has 0 radical (unpaired) electrons. The van der Waals surface area contributed by atoms with Crippen LogP contribution < -0.4 is 10.2 Å². The number of carbonyl (C=O) groups is 4. The van der Waals surface area contributed by atoms with Crippen molar-refractivity contribution < 1.29 is 29.0 Å². The van der Waals surface area contributed by atoms with E-state index in [0.717, 1.165) is 24.2 Å². The number of rotatable bonds is 28. The van der Waals surface area contributed by atoms with E-state index >= 15 is 0 Å². The minimum absolute atomic E-state index is 0.0177. The highest BCUT2D eigenvalue weighted by Gasteiger charge is 2.28. The highest BCUT2D eigenvalue weighted by atomic mass is 31.1. The zero-order valence-corrected chi connectivity index (χ0v) is 26.6. The molecule has 0 spiro atoms. The standard InChI is InChI=1S/C31H59N2O5P/c1-5-7-8-9-10-11-12-13-14-15-16-17-18-19-20-22-28(34)25-27(32-29(35)21-6-2)26-31(37)39(38)30(36)23-24-33(3)4/h27,38H,5-26H2,1-4H3,(H,32,35)/p+1. The Morgan fingerprint density at radius 1 is 0.641 bits per heavy atom. The van der Waals surface area contributed by atoms with Crippen LogP contribution in [0, 0.1) is 0 Å². The predicted octanol–water partition coefficient (Wildman–Crippen LogP) is 5.86. The van der Waals surface area contributed by atoms with Crippen LogP contribution in [-0.2, 0) is 19.2 Å². The number of Topliss-reactive ketones (excluding diaryl/α,β-unsaturated/α-hetero) is 1. The molecule has 2 atom stereocenters. The van der Waals surface area contributed by atoms with Gasteiger partial charge in [-0.2, -0.15) is 0 Å². The maximum absolute atomic E-state index is 12.6. The molecule has 7 nitrogen and oxygen atoms in total. The predicted molar refractivity (Wildman–Crippen MR) is 162 cm³/mol. The van der Waals surface area contributed by atoms with Crippen LogP contribution in [0.25, 0.3) is 0 Å². The van der Waals surface area contributed by atoms with Gasteiger partial charge in [-0.05, 0) is 12.8 Å². The molecule has 0 heterocycles. The van der Waals surface area contributed by atoms with Crippen molar-refractivity contribution in [3.05, 3.63) is 0 Å². The van der Waals surface area contributed by atoms with Crippen molar-refractivity contribution in [3.63, 3.8) is 0 Å². The van der Waals surface area contributed by atoms with Gasteiger partial charge in [-0.25, -0.2) is 0 Å². The average Bonchev–Trinajstić information content (AvgIpc) is 2.88. The summed E-state index contributed by atoms with van der Waals surface area (Å²) >= 11 is 0. The minimum atomic E-state index is -2.41. The molecule has 3 N–H and O–H groups in total. The van der Waals surface area contributed by atoms with Gasteiger partial charge >= 0.3 is 0 Å². The summed E-state index contributed by atoms with van der Waals surface area (Å²) in [6.07, 6.45) is 20.5. The molecule has 0 aromatic heterocycles. The van der Waals surface area contributed by atoms with Crippen molar-refractivity contribution in [1.29, 1.82) is 0 Å². The molecule has 0 saturated heterocycles. The second-order valence-corrected chi connectivity index (χ2v) is 13.1. The highest BCUT2D eigenvalue weighted by molar-refractivity contribution is 7.84. The average molecular weight is 572 g/mol. The molecular weight excluding hydrogens is 511 g/mol. The van der Waals surface area contributed by atoms with Gasteiger partial charge in [-0.1, -0.05) is 104 Å². The van der Waals surface area contributed by atoms with Crippen molar-refractivity contribution in [2.24, 2.45) is 0 Å². The maximum atomic E-state index is 12.6. The second-order valence-electron chi connectivity index (χ2n) is 11.5. The third-order valence-corrected chi connectivity index (χ3v) is 8.46. The number of amides is 1. The minimum Gasteiger partial charge on any atom is -0.360 e. The Kier molecular flexibility index (Phi) is 25.0. The van der Waals surface area contributed by atoms with Crippen molar-refractivity contribution in [2.45, 2.75) is 155 Å². The van der Waals surface area contributed by atoms with E-state index in [0.29, 0.717) is 25.8 Å². The Labute approximate surface area is 240 Å². The topological polar surface area (TPSA) is 105 Å². The van der Waals surface area contributed by atoms with Gasteiger partial charge in [0.05, 0.1) is 27.1 Å². The van der Waals surface area contributed by atoms with E-state index in [9.17, 15) is 24.1 Å². The maximum Gasteiger partial charge on any atom is 0.220 e. The van der Waals surface area contributed by atoms with Crippen LogP contribution >= 0.6 is 8.15 Å². The molecule has 0 aromatic carbocycles. The van der Waals surface area contributed by atoms with Crippen LogP contribution in [0.5, 0.6) is 0 Å². The van der Waals surface area contributed by atoms with Crippen molar-refractivity contribution in [1.82, 2.24) is 5.32 Å². The summed E-state index contributed by atoms with van der Waals surface area (Å²) in [7, 11) is 1.40. The molecule has 0 aromatic rings. The third-order valence-electron chi connectivity index (χ3n) is 7.11. The number of carbonyl (C=O) groups excluding carboxylic acids is 4. The summed E-state index contributed by atoms with van der Waals surface area (Å²) in [6.45, 7) is 4.69. The lowest BCUT2D eigenvalue weighted by Crippen LogP contribution is -3.05. The van der Waals surface area contributed by atoms with E-state index in [-0.39, 0.29) is 31.0 Å². The molecule has 0 aliphatic heterocycles. The smallest absolute Gasteiger partial charge is 0.220 e. The van der Waals surface area contributed by atoms with Crippen molar-refractivity contribution >= 4 is 30.9 Å². The first-order valence-electron chi connectivity index (χ1n) is 15.9. The van der Waals surface area contributed by atoms with Crippen LogP contribution in [-0.4, -0.2) is 54.3 Å². The number of quaternary nitrogens is 1. The first-order valence-corrected chi connectivity index (χ1v) is 17.1.